The topological polar surface area (TPSA) is 113 Å². The fourth-order valence-corrected chi connectivity index (χ4v) is 6.85. The fourth-order valence-electron chi connectivity index (χ4n) is 4.80. The third-order valence-corrected chi connectivity index (χ3v) is 8.87. The second-order valence-corrected chi connectivity index (χ2v) is 15.1. The minimum atomic E-state index is -4.14. The Morgan fingerprint density at radius 1 is 0.951 bits per heavy atom. The minimum absolute atomic E-state index is 0.00327. The average molecular weight is 605 g/mol. The zero-order valence-corrected chi connectivity index (χ0v) is 27.1. The van der Waals surface area contributed by atoms with Crippen molar-refractivity contribution in [2.24, 2.45) is 17.8 Å². The average Bonchev–Trinajstić information content (AvgIpc) is 3.46. The molecule has 2 heterocycles. The normalized spacial score (nSPS) is 13.0. The number of hydrogen-bond acceptors (Lipinski definition) is 7. The molecule has 41 heavy (non-hydrogen) atoms. The molecular formula is C30H44N4O5S2. The lowest BCUT2D eigenvalue weighted by molar-refractivity contribution is -0.140. The van der Waals surface area contributed by atoms with Gasteiger partial charge in [0.15, 0.2) is 0 Å². The van der Waals surface area contributed by atoms with Gasteiger partial charge in [0.2, 0.25) is 21.8 Å². The van der Waals surface area contributed by atoms with Crippen LogP contribution in [0.15, 0.2) is 39.8 Å². The molecule has 1 atom stereocenters. The van der Waals surface area contributed by atoms with Crippen LogP contribution in [0.4, 0.5) is 0 Å². The lowest BCUT2D eigenvalue weighted by atomic mass is 10.1. The van der Waals surface area contributed by atoms with Gasteiger partial charge in [-0.1, -0.05) is 41.5 Å². The number of benzene rings is 1. The molecule has 9 nitrogen and oxygen atoms in total. The Bertz CT molecular complexity index is 1430. The maximum absolute atomic E-state index is 14.0. The molecule has 3 aromatic rings. The first-order valence-electron chi connectivity index (χ1n) is 14.1. The van der Waals surface area contributed by atoms with Crippen LogP contribution < -0.4 is 4.72 Å². The van der Waals surface area contributed by atoms with Crippen molar-refractivity contribution >= 4 is 44.1 Å². The molecule has 1 aromatic carbocycles. The number of carbonyl (C=O) groups excluding carboxylic acids is 2. The Hall–Kier alpha value is -2.76. The number of rotatable bonds is 14. The highest BCUT2D eigenvalue weighted by Crippen LogP contribution is 2.22. The largest absolute Gasteiger partial charge is 0.464 e. The summed E-state index contributed by atoms with van der Waals surface area (Å²) in [6.45, 7) is 17.6. The maximum Gasteiger partial charge on any atom is 0.241 e. The van der Waals surface area contributed by atoms with Gasteiger partial charge in [-0.05, 0) is 55.9 Å². The number of carbonyl (C=O) groups is 2. The molecule has 0 unspecified atom stereocenters. The Morgan fingerprint density at radius 3 is 2.12 bits per heavy atom. The molecule has 2 aromatic heterocycles. The Balaban J connectivity index is 1.96. The van der Waals surface area contributed by atoms with Gasteiger partial charge < -0.3 is 14.2 Å². The van der Waals surface area contributed by atoms with E-state index in [1.54, 1.807) is 33.3 Å². The summed E-state index contributed by atoms with van der Waals surface area (Å²) >= 11 is 1.57. The smallest absolute Gasteiger partial charge is 0.241 e. The van der Waals surface area contributed by atoms with Gasteiger partial charge in [-0.15, -0.1) is 11.3 Å². The molecule has 0 aliphatic rings. The molecule has 11 heteroatoms. The molecule has 3 rings (SSSR count). The molecule has 226 valence electrons. The summed E-state index contributed by atoms with van der Waals surface area (Å²) in [6.07, 6.45) is 1.19. The van der Waals surface area contributed by atoms with Crippen molar-refractivity contribution in [2.75, 3.05) is 19.6 Å². The van der Waals surface area contributed by atoms with Crippen molar-refractivity contribution in [1.82, 2.24) is 19.5 Å². The Morgan fingerprint density at radius 2 is 1.56 bits per heavy atom. The lowest BCUT2D eigenvalue weighted by Crippen LogP contribution is -2.52. The molecule has 0 saturated carbocycles. The standard InChI is InChI=1S/C30H44N4O5S2/c1-19(2)15-33(18-27-22(7)40-23(8)31-27)29(35)14-26(30(36)34(16-20(3)4)17-21(5)6)32-41(37,38)25-9-10-28-24(13-25)11-12-39-28/h9-13,19-21,26,32H,14-18H2,1-8H3/t26-/m0/s1. The molecular weight excluding hydrogens is 560 g/mol. The zero-order chi connectivity index (χ0) is 30.5. The molecule has 0 bridgehead atoms. The molecule has 2 amide bonds. The predicted octanol–water partition coefficient (Wildman–Crippen LogP) is 5.37. The van der Waals surface area contributed by atoms with Crippen LogP contribution in [0.5, 0.6) is 0 Å². The van der Waals surface area contributed by atoms with Crippen LogP contribution in [-0.4, -0.2) is 60.7 Å². The first-order chi connectivity index (χ1) is 19.2. The number of nitrogens with one attached hydrogen (secondary N) is 1. The summed E-state index contributed by atoms with van der Waals surface area (Å²) < 4.78 is 35.2. The zero-order valence-electron chi connectivity index (χ0n) is 25.4. The number of amides is 2. The Kier molecular flexibility index (Phi) is 11.1. The molecule has 0 aliphatic heterocycles. The second kappa shape index (κ2) is 13.9. The van der Waals surface area contributed by atoms with Gasteiger partial charge >= 0.3 is 0 Å². The van der Waals surface area contributed by atoms with Crippen LogP contribution in [0.25, 0.3) is 11.0 Å². The van der Waals surface area contributed by atoms with Gasteiger partial charge in [-0.25, -0.2) is 13.4 Å². The highest BCUT2D eigenvalue weighted by Gasteiger charge is 2.33. The van der Waals surface area contributed by atoms with Crippen molar-refractivity contribution in [2.45, 2.75) is 79.3 Å². The maximum atomic E-state index is 14.0. The van der Waals surface area contributed by atoms with Crippen LogP contribution in [0, 0.1) is 31.6 Å². The fraction of sp³-hybridized carbons (Fsp3) is 0.567. The van der Waals surface area contributed by atoms with Crippen LogP contribution in [0.2, 0.25) is 0 Å². The molecule has 0 spiro atoms. The van der Waals surface area contributed by atoms with E-state index in [1.165, 1.54) is 18.4 Å². The van der Waals surface area contributed by atoms with Gasteiger partial charge in [0.25, 0.3) is 0 Å². The minimum Gasteiger partial charge on any atom is -0.464 e. The first-order valence-corrected chi connectivity index (χ1v) is 16.4. The summed E-state index contributed by atoms with van der Waals surface area (Å²) in [6, 6.07) is 4.94. The monoisotopic (exact) mass is 604 g/mol. The van der Waals surface area contributed by atoms with Gasteiger partial charge in [0, 0.05) is 29.9 Å². The summed E-state index contributed by atoms with van der Waals surface area (Å²) in [7, 11) is -4.14. The Labute approximate surface area is 248 Å². The number of aryl methyl sites for hydroxylation is 2. The van der Waals surface area contributed by atoms with E-state index >= 15 is 0 Å². The van der Waals surface area contributed by atoms with Gasteiger partial charge in [-0.3, -0.25) is 9.59 Å². The molecule has 1 N–H and O–H groups in total. The SMILES string of the molecule is Cc1nc(CN(CC(C)C)C(=O)C[C@H](NS(=O)(=O)c2ccc3occc3c2)C(=O)N(CC(C)C)CC(C)C)c(C)s1. The molecule has 0 radical (unpaired) electrons. The van der Waals surface area contributed by atoms with E-state index in [4.69, 9.17) is 4.42 Å². The van der Waals surface area contributed by atoms with E-state index in [1.807, 2.05) is 55.4 Å². The van der Waals surface area contributed by atoms with Crippen LogP contribution in [0.1, 0.15) is 63.5 Å². The number of nitrogens with zero attached hydrogens (tertiary/aromatic N) is 3. The summed E-state index contributed by atoms with van der Waals surface area (Å²) in [4.78, 5) is 36.8. The lowest BCUT2D eigenvalue weighted by Gasteiger charge is -2.32. The van der Waals surface area contributed by atoms with Gasteiger partial charge in [0.05, 0.1) is 34.8 Å². The van der Waals surface area contributed by atoms with E-state index in [0.717, 1.165) is 15.6 Å². The van der Waals surface area contributed by atoms with Crippen molar-refractivity contribution in [3.63, 3.8) is 0 Å². The number of fused-ring (bicyclic) bond motifs is 1. The van der Waals surface area contributed by atoms with Crippen molar-refractivity contribution in [1.29, 1.82) is 0 Å². The number of thiazole rings is 1. The third-order valence-electron chi connectivity index (χ3n) is 6.47. The number of hydrogen-bond donors (Lipinski definition) is 1. The summed E-state index contributed by atoms with van der Waals surface area (Å²) in [5.74, 6) is -0.196. The van der Waals surface area contributed by atoms with E-state index in [-0.39, 0.29) is 35.0 Å². The molecule has 0 fully saturated rings. The highest BCUT2D eigenvalue weighted by atomic mass is 32.2. The van der Waals surface area contributed by atoms with Crippen molar-refractivity contribution in [3.8, 4) is 0 Å². The second-order valence-electron chi connectivity index (χ2n) is 11.9. The number of aromatic nitrogens is 1. The number of sulfonamides is 1. The van der Waals surface area contributed by atoms with E-state index < -0.39 is 22.0 Å². The van der Waals surface area contributed by atoms with Crippen LogP contribution >= 0.6 is 11.3 Å². The third kappa shape index (κ3) is 9.11. The summed E-state index contributed by atoms with van der Waals surface area (Å²) in [5, 5.41) is 1.55. The summed E-state index contributed by atoms with van der Waals surface area (Å²) in [5.41, 5.74) is 1.38. The number of furan rings is 1. The van der Waals surface area contributed by atoms with E-state index in [2.05, 4.69) is 9.71 Å². The highest BCUT2D eigenvalue weighted by molar-refractivity contribution is 7.89. The molecule has 0 saturated heterocycles. The predicted molar refractivity (Wildman–Crippen MR) is 163 cm³/mol. The van der Waals surface area contributed by atoms with Crippen molar-refractivity contribution in [3.05, 3.63) is 46.1 Å². The van der Waals surface area contributed by atoms with Crippen molar-refractivity contribution < 1.29 is 22.4 Å². The van der Waals surface area contributed by atoms with Gasteiger partial charge in [-0.2, -0.15) is 4.72 Å². The quantitative estimate of drug-likeness (QED) is 0.265. The molecule has 0 aliphatic carbocycles. The van der Waals surface area contributed by atoms with E-state index in [9.17, 15) is 18.0 Å². The van der Waals surface area contributed by atoms with Crippen LogP contribution in [-0.2, 0) is 26.2 Å². The first kappa shape index (κ1) is 32.8. The van der Waals surface area contributed by atoms with Crippen LogP contribution in [0.3, 0.4) is 0 Å². The van der Waals surface area contributed by atoms with E-state index in [0.29, 0.717) is 37.1 Å². The van der Waals surface area contributed by atoms with Gasteiger partial charge in [0.1, 0.15) is 11.6 Å².